The lowest BCUT2D eigenvalue weighted by Crippen LogP contribution is -2.58. The van der Waals surface area contributed by atoms with E-state index in [0.29, 0.717) is 18.4 Å². The molecule has 8 nitrogen and oxygen atoms in total. The van der Waals surface area contributed by atoms with E-state index in [4.69, 9.17) is 9.47 Å². The maximum atomic E-state index is 13.1. The van der Waals surface area contributed by atoms with Gasteiger partial charge < -0.3 is 29.9 Å². The van der Waals surface area contributed by atoms with Crippen molar-refractivity contribution >= 4 is 11.8 Å². The van der Waals surface area contributed by atoms with Crippen LogP contribution in [0.3, 0.4) is 0 Å². The molecule has 0 spiro atoms. The monoisotopic (exact) mass is 482 g/mol. The highest BCUT2D eigenvalue weighted by Crippen LogP contribution is 2.65. The Bertz CT molecular complexity index is 811. The number of ether oxygens (including phenoxy) is 2. The highest BCUT2D eigenvalue weighted by molar-refractivity contribution is 5.96. The van der Waals surface area contributed by atoms with Crippen LogP contribution in [0.1, 0.15) is 66.7 Å². The van der Waals surface area contributed by atoms with Gasteiger partial charge in [-0.25, -0.2) is 4.79 Å². The number of fused-ring (bicyclic) bond motifs is 3. The van der Waals surface area contributed by atoms with Crippen molar-refractivity contribution < 1.29 is 39.5 Å². The fourth-order valence-corrected chi connectivity index (χ4v) is 6.45. The van der Waals surface area contributed by atoms with Crippen LogP contribution in [0.15, 0.2) is 12.2 Å². The third-order valence-corrected chi connectivity index (χ3v) is 9.09. The molecular weight excluding hydrogens is 440 g/mol. The maximum absolute atomic E-state index is 13.1. The number of aliphatic hydroxyl groups is 4. The average molecular weight is 483 g/mol. The van der Waals surface area contributed by atoms with Crippen LogP contribution in [0.4, 0.5) is 0 Å². The summed E-state index contributed by atoms with van der Waals surface area (Å²) in [7, 11) is 0. The van der Waals surface area contributed by atoms with Crippen molar-refractivity contribution in [1.29, 1.82) is 0 Å². The topological polar surface area (TPSA) is 137 Å². The van der Waals surface area contributed by atoms with Gasteiger partial charge in [-0.15, -0.1) is 0 Å². The van der Waals surface area contributed by atoms with Gasteiger partial charge in [0.25, 0.3) is 0 Å². The summed E-state index contributed by atoms with van der Waals surface area (Å²) >= 11 is 0. The molecule has 0 amide bonds. The van der Waals surface area contributed by atoms with E-state index in [1.165, 1.54) is 0 Å². The Labute approximate surface area is 202 Å². The maximum Gasteiger partial charge on any atom is 0.340 e. The predicted molar refractivity (Wildman–Crippen MR) is 125 cm³/mol. The van der Waals surface area contributed by atoms with Crippen LogP contribution >= 0.6 is 0 Å². The molecule has 8 heteroatoms. The third kappa shape index (κ3) is 4.37. The molecule has 0 bridgehead atoms. The minimum absolute atomic E-state index is 0.00848. The van der Waals surface area contributed by atoms with Gasteiger partial charge in [0.1, 0.15) is 12.2 Å². The van der Waals surface area contributed by atoms with E-state index >= 15 is 0 Å². The van der Waals surface area contributed by atoms with Crippen molar-refractivity contribution in [1.82, 2.24) is 0 Å². The molecule has 0 radical (unpaired) electrons. The highest BCUT2D eigenvalue weighted by atomic mass is 16.6. The summed E-state index contributed by atoms with van der Waals surface area (Å²) in [4.78, 5) is 26.2. The van der Waals surface area contributed by atoms with Crippen molar-refractivity contribution in [2.24, 2.45) is 29.1 Å². The van der Waals surface area contributed by atoms with Crippen molar-refractivity contribution in [2.45, 2.75) is 96.2 Å². The van der Waals surface area contributed by atoms with Gasteiger partial charge in [-0.05, 0) is 55.9 Å². The molecule has 194 valence electrons. The fourth-order valence-electron chi connectivity index (χ4n) is 6.45. The van der Waals surface area contributed by atoms with E-state index in [1.54, 1.807) is 6.92 Å². The summed E-state index contributed by atoms with van der Waals surface area (Å²) in [5, 5.41) is 40.3. The molecule has 2 aliphatic carbocycles. The molecule has 0 aromatic heterocycles. The fraction of sp³-hybridized carbons (Fsp3) is 0.846. The molecule has 4 N–H and O–H groups in total. The van der Waals surface area contributed by atoms with E-state index < -0.39 is 47.5 Å². The molecule has 3 fully saturated rings. The van der Waals surface area contributed by atoms with Gasteiger partial charge in [-0.2, -0.15) is 0 Å². The van der Waals surface area contributed by atoms with Gasteiger partial charge in [0.15, 0.2) is 17.0 Å². The lowest BCUT2D eigenvalue weighted by molar-refractivity contribution is -0.190. The summed E-state index contributed by atoms with van der Waals surface area (Å²) in [5.41, 5.74) is -3.31. The second-order valence-electron chi connectivity index (χ2n) is 11.5. The van der Waals surface area contributed by atoms with Crippen LogP contribution in [0.2, 0.25) is 0 Å². The van der Waals surface area contributed by atoms with Crippen LogP contribution in [0.5, 0.6) is 0 Å². The van der Waals surface area contributed by atoms with Crippen LogP contribution in [0, 0.1) is 29.1 Å². The summed E-state index contributed by atoms with van der Waals surface area (Å²) in [5.74, 6) is -1.29. The highest BCUT2D eigenvalue weighted by Gasteiger charge is 2.76. The van der Waals surface area contributed by atoms with Gasteiger partial charge in [-0.3, -0.25) is 4.79 Å². The van der Waals surface area contributed by atoms with Crippen LogP contribution in [0.25, 0.3) is 0 Å². The molecule has 0 aromatic carbocycles. The first-order valence-corrected chi connectivity index (χ1v) is 12.5. The smallest absolute Gasteiger partial charge is 0.340 e. The zero-order valence-corrected chi connectivity index (χ0v) is 21.1. The Balaban J connectivity index is 1.76. The van der Waals surface area contributed by atoms with Crippen molar-refractivity contribution in [3.63, 3.8) is 0 Å². The normalized spacial score (nSPS) is 39.1. The average Bonchev–Trinajstić information content (AvgIpc) is 3.55. The number of aliphatic hydroxyl groups excluding tert-OH is 3. The zero-order valence-electron chi connectivity index (χ0n) is 21.1. The summed E-state index contributed by atoms with van der Waals surface area (Å²) in [6, 6.07) is 0. The number of hydrogen-bond donors (Lipinski definition) is 4. The van der Waals surface area contributed by atoms with E-state index in [9.17, 15) is 30.0 Å². The minimum Gasteiger partial charge on any atom is -0.460 e. The first-order chi connectivity index (χ1) is 15.8. The number of carbonyl (C=O) groups is 2. The third-order valence-electron chi connectivity index (χ3n) is 9.09. The van der Waals surface area contributed by atoms with E-state index in [-0.39, 0.29) is 48.9 Å². The summed E-state index contributed by atoms with van der Waals surface area (Å²) in [6.07, 6.45) is 0.494. The van der Waals surface area contributed by atoms with Crippen LogP contribution in [-0.4, -0.2) is 74.9 Å². The number of Topliss-reactive ketones (excluding diaryl/α,β-unsaturated/α-hetero) is 1. The first kappa shape index (κ1) is 27.3. The van der Waals surface area contributed by atoms with Crippen LogP contribution < -0.4 is 0 Å². The Kier molecular flexibility index (Phi) is 7.71. The lowest BCUT2D eigenvalue weighted by atomic mass is 9.52. The number of hydrogen-bond acceptors (Lipinski definition) is 8. The lowest BCUT2D eigenvalue weighted by Gasteiger charge is -2.51. The number of esters is 1. The molecule has 1 saturated heterocycles. The Morgan fingerprint density at radius 3 is 2.50 bits per heavy atom. The van der Waals surface area contributed by atoms with Crippen molar-refractivity contribution in [2.75, 3.05) is 13.2 Å². The second kappa shape index (κ2) is 9.62. The number of rotatable bonds is 10. The molecular formula is C26H42O8. The van der Waals surface area contributed by atoms with Gasteiger partial charge in [0.2, 0.25) is 0 Å². The molecule has 5 unspecified atom stereocenters. The summed E-state index contributed by atoms with van der Waals surface area (Å²) < 4.78 is 11.8. The van der Waals surface area contributed by atoms with E-state index in [2.05, 4.69) is 13.5 Å². The molecule has 3 aliphatic rings. The molecule has 34 heavy (non-hydrogen) atoms. The quantitative estimate of drug-likeness (QED) is 0.210. The van der Waals surface area contributed by atoms with Crippen molar-refractivity contribution in [3.8, 4) is 0 Å². The Hall–Kier alpha value is -1.32. The van der Waals surface area contributed by atoms with Gasteiger partial charge in [0.05, 0.1) is 19.3 Å². The van der Waals surface area contributed by atoms with Crippen molar-refractivity contribution in [3.05, 3.63) is 12.2 Å². The van der Waals surface area contributed by atoms with Crippen LogP contribution in [-0.2, 0) is 19.1 Å². The molecule has 1 aliphatic heterocycles. The zero-order chi connectivity index (χ0) is 25.6. The number of ketones is 1. The minimum atomic E-state index is -2.05. The SMILES string of the molecule is C=C(CO)[C@@]12O[C@@H]1[C@@]1(C)C(CC2=O)[C@H](OC(=O)C(O)(CO)CC(C)CC(C)C(C)O)CC[C@@H]1C. The standard InChI is InChI=1S/C26H42O8/c1-14(9-15(2)18(5)29)11-25(32,13-28)23(31)33-20-8-7-16(3)24(6)19(20)10-21(30)26(17(4)12-27)22(24)34-26/h14-16,18-20,22,27-29,32H,4,7-13H2,1-3,5-6H3/t14?,15?,16-,18?,19?,20+,22+,24+,25?,26-/m0/s1. The Morgan fingerprint density at radius 2 is 1.94 bits per heavy atom. The largest absolute Gasteiger partial charge is 0.460 e. The predicted octanol–water partition coefficient (Wildman–Crippen LogP) is 1.77. The molecule has 3 rings (SSSR count). The number of epoxide rings is 1. The van der Waals surface area contributed by atoms with E-state index in [1.807, 2.05) is 20.8 Å². The molecule has 10 atom stereocenters. The van der Waals surface area contributed by atoms with Gasteiger partial charge in [-0.1, -0.05) is 34.3 Å². The molecule has 0 aromatic rings. The summed E-state index contributed by atoms with van der Waals surface area (Å²) in [6.45, 7) is 12.4. The van der Waals surface area contributed by atoms with E-state index in [0.717, 1.165) is 6.42 Å². The number of carbonyl (C=O) groups excluding carboxylic acids is 2. The van der Waals surface area contributed by atoms with Gasteiger partial charge in [0, 0.05) is 17.8 Å². The second-order valence-corrected chi connectivity index (χ2v) is 11.5. The molecule has 1 heterocycles. The molecule has 2 saturated carbocycles. The van der Waals surface area contributed by atoms with Gasteiger partial charge >= 0.3 is 5.97 Å². The first-order valence-electron chi connectivity index (χ1n) is 12.5. The Morgan fingerprint density at radius 1 is 1.29 bits per heavy atom.